The van der Waals surface area contributed by atoms with E-state index in [2.05, 4.69) is 5.32 Å². The SMILES string of the molecule is C[C@@H](O)CNC(=O)c1cn([C@H]2C[C@H](O)[C@@H](CO)O2)c(=O)[nH]c1=O. The number of aromatic nitrogens is 2. The normalized spacial score (nSPS) is 25.3. The van der Waals surface area contributed by atoms with Gasteiger partial charge in [-0.05, 0) is 6.92 Å². The standard InChI is InChI=1S/C13H19N3O7/c1-6(18)3-14-11(20)7-4-16(13(22)15-12(7)21)10-2-8(19)9(5-17)23-10/h4,6,8-10,17-19H,2-3,5H2,1H3,(H,14,20)(H,15,21,22)/t6-,8+,9-,10-/m1/s1. The maximum atomic E-state index is 11.9. The molecule has 0 spiro atoms. The molecule has 2 heterocycles. The van der Waals surface area contributed by atoms with E-state index in [4.69, 9.17) is 14.9 Å². The van der Waals surface area contributed by atoms with Gasteiger partial charge >= 0.3 is 5.69 Å². The summed E-state index contributed by atoms with van der Waals surface area (Å²) in [6, 6.07) is 0. The number of nitrogens with one attached hydrogen (secondary N) is 2. The molecule has 0 unspecified atom stereocenters. The van der Waals surface area contributed by atoms with Crippen LogP contribution in [0.25, 0.3) is 0 Å². The predicted octanol–water partition coefficient (Wildman–Crippen LogP) is -2.71. The molecule has 0 radical (unpaired) electrons. The molecule has 10 heteroatoms. The monoisotopic (exact) mass is 329 g/mol. The number of amides is 1. The van der Waals surface area contributed by atoms with Gasteiger partial charge in [0.2, 0.25) is 0 Å². The molecule has 128 valence electrons. The number of aliphatic hydroxyl groups excluding tert-OH is 3. The van der Waals surface area contributed by atoms with E-state index >= 15 is 0 Å². The van der Waals surface area contributed by atoms with Gasteiger partial charge in [0.25, 0.3) is 11.5 Å². The van der Waals surface area contributed by atoms with Gasteiger partial charge in [-0.15, -0.1) is 0 Å². The largest absolute Gasteiger partial charge is 0.394 e. The van der Waals surface area contributed by atoms with Crippen molar-refractivity contribution in [1.82, 2.24) is 14.9 Å². The fraction of sp³-hybridized carbons (Fsp3) is 0.615. The first-order valence-corrected chi connectivity index (χ1v) is 7.09. The number of hydrogen-bond donors (Lipinski definition) is 5. The summed E-state index contributed by atoms with van der Waals surface area (Å²) in [4.78, 5) is 37.6. The van der Waals surface area contributed by atoms with Crippen LogP contribution in [0.15, 0.2) is 15.8 Å². The van der Waals surface area contributed by atoms with Crippen molar-refractivity contribution in [2.24, 2.45) is 0 Å². The molecular formula is C13H19N3O7. The zero-order chi connectivity index (χ0) is 17.1. The lowest BCUT2D eigenvalue weighted by atomic mass is 10.2. The molecule has 1 aliphatic rings. The van der Waals surface area contributed by atoms with Crippen LogP contribution in [0.1, 0.15) is 29.9 Å². The summed E-state index contributed by atoms with van der Waals surface area (Å²) in [5.74, 6) is -0.752. The maximum absolute atomic E-state index is 11.9. The van der Waals surface area contributed by atoms with Gasteiger partial charge < -0.3 is 25.4 Å². The van der Waals surface area contributed by atoms with Gasteiger partial charge in [0.05, 0.1) is 18.8 Å². The minimum absolute atomic E-state index is 0.0336. The van der Waals surface area contributed by atoms with Crippen LogP contribution in [0.5, 0.6) is 0 Å². The highest BCUT2D eigenvalue weighted by atomic mass is 16.5. The quantitative estimate of drug-likeness (QED) is 0.393. The Morgan fingerprint density at radius 1 is 1.57 bits per heavy atom. The smallest absolute Gasteiger partial charge is 0.330 e. The molecule has 4 atom stereocenters. The Bertz CT molecular complexity index is 681. The van der Waals surface area contributed by atoms with Crippen molar-refractivity contribution >= 4 is 5.91 Å². The predicted molar refractivity (Wildman–Crippen MR) is 77.0 cm³/mol. The molecule has 0 saturated carbocycles. The number of rotatable bonds is 5. The van der Waals surface area contributed by atoms with Crippen LogP contribution in [-0.2, 0) is 4.74 Å². The number of aliphatic hydroxyl groups is 3. The van der Waals surface area contributed by atoms with Crippen molar-refractivity contribution in [1.29, 1.82) is 0 Å². The molecule has 23 heavy (non-hydrogen) atoms. The van der Waals surface area contributed by atoms with Gasteiger partial charge in [0, 0.05) is 19.2 Å². The van der Waals surface area contributed by atoms with Crippen molar-refractivity contribution in [2.45, 2.75) is 37.9 Å². The molecule has 10 nitrogen and oxygen atoms in total. The number of carbonyl (C=O) groups excluding carboxylic acids is 1. The summed E-state index contributed by atoms with van der Waals surface area (Å²) in [7, 11) is 0. The molecule has 0 aromatic carbocycles. The highest BCUT2D eigenvalue weighted by molar-refractivity contribution is 5.93. The molecule has 0 aliphatic carbocycles. The summed E-state index contributed by atoms with van der Waals surface area (Å²) >= 11 is 0. The van der Waals surface area contributed by atoms with Gasteiger partial charge in [0.15, 0.2) is 0 Å². The zero-order valence-electron chi connectivity index (χ0n) is 12.4. The van der Waals surface area contributed by atoms with Crippen LogP contribution in [0.2, 0.25) is 0 Å². The number of aromatic amines is 1. The minimum Gasteiger partial charge on any atom is -0.394 e. The molecule has 2 rings (SSSR count). The fourth-order valence-electron chi connectivity index (χ4n) is 2.25. The van der Waals surface area contributed by atoms with E-state index in [0.29, 0.717) is 0 Å². The summed E-state index contributed by atoms with van der Waals surface area (Å²) in [5, 5.41) is 30.3. The number of hydrogen-bond acceptors (Lipinski definition) is 7. The van der Waals surface area contributed by atoms with E-state index in [1.165, 1.54) is 6.92 Å². The second kappa shape index (κ2) is 7.04. The molecule has 1 aromatic heterocycles. The average molecular weight is 329 g/mol. The van der Waals surface area contributed by atoms with Crippen LogP contribution < -0.4 is 16.6 Å². The van der Waals surface area contributed by atoms with Gasteiger partial charge in [0.1, 0.15) is 17.9 Å². The number of carbonyl (C=O) groups is 1. The third-order valence-corrected chi connectivity index (χ3v) is 3.46. The molecule has 1 aromatic rings. The van der Waals surface area contributed by atoms with Crippen LogP contribution in [0.4, 0.5) is 0 Å². The topological polar surface area (TPSA) is 154 Å². The Balaban J connectivity index is 2.28. The first-order chi connectivity index (χ1) is 10.8. The summed E-state index contributed by atoms with van der Waals surface area (Å²) in [6.45, 7) is 0.994. The zero-order valence-corrected chi connectivity index (χ0v) is 12.4. The Hall–Kier alpha value is -2.01. The lowest BCUT2D eigenvalue weighted by Crippen LogP contribution is -2.39. The van der Waals surface area contributed by atoms with E-state index < -0.39 is 48.3 Å². The first kappa shape index (κ1) is 17.3. The van der Waals surface area contributed by atoms with Gasteiger partial charge in [-0.1, -0.05) is 0 Å². The van der Waals surface area contributed by atoms with Crippen LogP contribution in [0, 0.1) is 0 Å². The molecule has 1 saturated heterocycles. The first-order valence-electron chi connectivity index (χ1n) is 7.09. The van der Waals surface area contributed by atoms with Crippen LogP contribution in [0.3, 0.4) is 0 Å². The summed E-state index contributed by atoms with van der Waals surface area (Å²) in [5.41, 5.74) is -1.99. The van der Waals surface area contributed by atoms with Crippen molar-refractivity contribution in [2.75, 3.05) is 13.2 Å². The Morgan fingerprint density at radius 3 is 2.83 bits per heavy atom. The van der Waals surface area contributed by atoms with Gasteiger partial charge in [-0.25, -0.2) is 4.79 Å². The van der Waals surface area contributed by atoms with Gasteiger partial charge in [-0.2, -0.15) is 0 Å². The Labute approximate surface area is 130 Å². The van der Waals surface area contributed by atoms with Crippen LogP contribution >= 0.6 is 0 Å². The highest BCUT2D eigenvalue weighted by Crippen LogP contribution is 2.27. The number of ether oxygens (including phenoxy) is 1. The van der Waals surface area contributed by atoms with E-state index in [9.17, 15) is 19.5 Å². The van der Waals surface area contributed by atoms with Crippen molar-refractivity contribution in [3.05, 3.63) is 32.6 Å². The molecule has 1 aliphatic heterocycles. The molecule has 0 bridgehead atoms. The molecule has 5 N–H and O–H groups in total. The minimum atomic E-state index is -0.962. The van der Waals surface area contributed by atoms with E-state index in [1.807, 2.05) is 4.98 Å². The Kier molecular flexibility index (Phi) is 5.31. The van der Waals surface area contributed by atoms with E-state index in [0.717, 1.165) is 10.8 Å². The van der Waals surface area contributed by atoms with Gasteiger partial charge in [-0.3, -0.25) is 19.1 Å². The molecule has 1 amide bonds. The van der Waals surface area contributed by atoms with Crippen LogP contribution in [-0.4, -0.2) is 62.2 Å². The fourth-order valence-corrected chi connectivity index (χ4v) is 2.25. The Morgan fingerprint density at radius 2 is 2.26 bits per heavy atom. The van der Waals surface area contributed by atoms with Crippen molar-refractivity contribution in [3.63, 3.8) is 0 Å². The second-order valence-electron chi connectivity index (χ2n) is 5.38. The highest BCUT2D eigenvalue weighted by Gasteiger charge is 2.35. The number of nitrogens with zero attached hydrogens (tertiary/aromatic N) is 1. The lowest BCUT2D eigenvalue weighted by molar-refractivity contribution is -0.0459. The second-order valence-corrected chi connectivity index (χ2v) is 5.38. The third-order valence-electron chi connectivity index (χ3n) is 3.46. The summed E-state index contributed by atoms with van der Waals surface area (Å²) in [6.07, 6.45) is -2.43. The third kappa shape index (κ3) is 3.85. The maximum Gasteiger partial charge on any atom is 0.330 e. The lowest BCUT2D eigenvalue weighted by Gasteiger charge is -2.15. The average Bonchev–Trinajstić information content (AvgIpc) is 2.85. The van der Waals surface area contributed by atoms with E-state index in [-0.39, 0.29) is 18.5 Å². The number of H-pyrrole nitrogens is 1. The molecular weight excluding hydrogens is 310 g/mol. The summed E-state index contributed by atoms with van der Waals surface area (Å²) < 4.78 is 6.32. The van der Waals surface area contributed by atoms with E-state index in [1.54, 1.807) is 0 Å². The molecule has 1 fully saturated rings. The van der Waals surface area contributed by atoms with Crippen molar-refractivity contribution < 1.29 is 24.9 Å². The van der Waals surface area contributed by atoms with Crippen molar-refractivity contribution in [3.8, 4) is 0 Å².